The minimum Gasteiger partial charge on any atom is -0.478 e. The number of nitrogen functional groups attached to an aromatic ring is 1. The molecule has 0 saturated carbocycles. The van der Waals surface area contributed by atoms with E-state index in [2.05, 4.69) is 6.92 Å². The molecular weight excluding hydrogens is 270 g/mol. The Balaban J connectivity index is 2.40. The first kappa shape index (κ1) is 15.2. The van der Waals surface area contributed by atoms with Crippen molar-refractivity contribution in [2.45, 2.75) is 32.7 Å². The van der Waals surface area contributed by atoms with Gasteiger partial charge in [-0.05, 0) is 44.4 Å². The van der Waals surface area contributed by atoms with Gasteiger partial charge >= 0.3 is 5.97 Å². The summed E-state index contributed by atoms with van der Waals surface area (Å²) in [4.78, 5) is 24.7. The number of aromatic carboxylic acids is 1. The zero-order valence-corrected chi connectivity index (χ0v) is 12.3. The van der Waals surface area contributed by atoms with Crippen LogP contribution >= 0.6 is 0 Å². The highest BCUT2D eigenvalue weighted by Crippen LogP contribution is 2.31. The van der Waals surface area contributed by atoms with Crippen LogP contribution in [0.25, 0.3) is 0 Å². The molecule has 6 heteroatoms. The van der Waals surface area contributed by atoms with Crippen LogP contribution in [-0.2, 0) is 4.79 Å². The number of benzene rings is 1. The van der Waals surface area contributed by atoms with Crippen LogP contribution in [0.5, 0.6) is 0 Å². The summed E-state index contributed by atoms with van der Waals surface area (Å²) in [5, 5.41) is 9.25. The number of carboxylic acid groups (broad SMARTS) is 1. The van der Waals surface area contributed by atoms with Gasteiger partial charge in [0.05, 0.1) is 11.5 Å². The van der Waals surface area contributed by atoms with Crippen LogP contribution in [0.3, 0.4) is 0 Å². The van der Waals surface area contributed by atoms with Gasteiger partial charge in [0.2, 0.25) is 5.91 Å². The summed E-state index contributed by atoms with van der Waals surface area (Å²) >= 11 is 0. The third-order valence-electron chi connectivity index (χ3n) is 4.22. The zero-order chi connectivity index (χ0) is 15.7. The van der Waals surface area contributed by atoms with E-state index in [0.717, 1.165) is 24.1 Å². The van der Waals surface area contributed by atoms with Crippen molar-refractivity contribution < 1.29 is 14.7 Å². The number of primary amides is 1. The van der Waals surface area contributed by atoms with Gasteiger partial charge in [-0.3, -0.25) is 4.79 Å². The third-order valence-corrected chi connectivity index (χ3v) is 4.22. The van der Waals surface area contributed by atoms with Crippen molar-refractivity contribution in [3.05, 3.63) is 23.3 Å². The first-order valence-corrected chi connectivity index (χ1v) is 7.00. The molecule has 6 nitrogen and oxygen atoms in total. The number of carbonyl (C=O) groups excluding carboxylic acids is 1. The second kappa shape index (κ2) is 5.63. The van der Waals surface area contributed by atoms with Gasteiger partial charge in [0.15, 0.2) is 0 Å². The van der Waals surface area contributed by atoms with E-state index in [4.69, 9.17) is 11.5 Å². The normalized spacial score (nSPS) is 22.1. The molecule has 1 amide bonds. The van der Waals surface area contributed by atoms with Crippen molar-refractivity contribution >= 4 is 23.3 Å². The lowest BCUT2D eigenvalue weighted by atomic mass is 9.92. The fourth-order valence-corrected chi connectivity index (χ4v) is 2.82. The minimum absolute atomic E-state index is 0.0957. The van der Waals surface area contributed by atoms with Gasteiger partial charge in [0.25, 0.3) is 0 Å². The van der Waals surface area contributed by atoms with E-state index in [1.54, 1.807) is 13.0 Å². The number of hydrogen-bond donors (Lipinski definition) is 3. The molecule has 0 spiro atoms. The predicted octanol–water partition coefficient (Wildman–Crippen LogP) is 1.37. The topological polar surface area (TPSA) is 110 Å². The maximum absolute atomic E-state index is 11.4. The zero-order valence-electron chi connectivity index (χ0n) is 12.3. The summed E-state index contributed by atoms with van der Waals surface area (Å²) < 4.78 is 0. The largest absolute Gasteiger partial charge is 0.478 e. The van der Waals surface area contributed by atoms with Gasteiger partial charge in [-0.25, -0.2) is 4.79 Å². The molecule has 2 atom stereocenters. The number of carbonyl (C=O) groups is 2. The molecule has 1 heterocycles. The standard InChI is InChI=1S/C15H21N3O3/c1-8-5-11(6-12(13(8)16)15(20)21)18-7-10(14(17)19)4-3-9(18)2/h5-6,9-10H,3-4,7,16H2,1-2H3,(H2,17,19)(H,20,21). The summed E-state index contributed by atoms with van der Waals surface area (Å²) in [6, 6.07) is 3.66. The van der Waals surface area contributed by atoms with E-state index in [1.165, 1.54) is 0 Å². The Morgan fingerprint density at radius 2 is 2.00 bits per heavy atom. The van der Waals surface area contributed by atoms with Crippen molar-refractivity contribution in [1.82, 2.24) is 0 Å². The van der Waals surface area contributed by atoms with E-state index in [0.29, 0.717) is 6.54 Å². The van der Waals surface area contributed by atoms with Crippen molar-refractivity contribution in [1.29, 1.82) is 0 Å². The number of piperidine rings is 1. The lowest BCUT2D eigenvalue weighted by Crippen LogP contribution is -2.46. The number of nitrogens with two attached hydrogens (primary N) is 2. The van der Waals surface area contributed by atoms with Crippen LogP contribution in [0.1, 0.15) is 35.7 Å². The Hall–Kier alpha value is -2.24. The summed E-state index contributed by atoms with van der Waals surface area (Å²) in [5.41, 5.74) is 13.1. The van der Waals surface area contributed by atoms with Gasteiger partial charge in [-0.1, -0.05) is 0 Å². The van der Waals surface area contributed by atoms with Gasteiger partial charge < -0.3 is 21.5 Å². The van der Waals surface area contributed by atoms with E-state index in [1.807, 2.05) is 11.0 Å². The average Bonchev–Trinajstić information content (AvgIpc) is 2.41. The van der Waals surface area contributed by atoms with Crippen LogP contribution in [0.15, 0.2) is 12.1 Å². The highest BCUT2D eigenvalue weighted by atomic mass is 16.4. The summed E-state index contributed by atoms with van der Waals surface area (Å²) in [6.45, 7) is 4.35. The molecule has 21 heavy (non-hydrogen) atoms. The number of anilines is 2. The van der Waals surface area contributed by atoms with Crippen LogP contribution in [0.2, 0.25) is 0 Å². The highest BCUT2D eigenvalue weighted by molar-refractivity contribution is 5.96. The molecule has 1 aliphatic rings. The number of nitrogens with zero attached hydrogens (tertiary/aromatic N) is 1. The Morgan fingerprint density at radius 1 is 1.33 bits per heavy atom. The molecule has 1 aromatic rings. The van der Waals surface area contributed by atoms with Gasteiger partial charge in [-0.15, -0.1) is 0 Å². The van der Waals surface area contributed by atoms with Gasteiger partial charge in [0, 0.05) is 24.0 Å². The highest BCUT2D eigenvalue weighted by Gasteiger charge is 2.29. The summed E-state index contributed by atoms with van der Waals surface area (Å²) in [5.74, 6) is -1.56. The molecule has 2 rings (SSSR count). The minimum atomic E-state index is -1.05. The Bertz CT molecular complexity index is 586. The fourth-order valence-electron chi connectivity index (χ4n) is 2.82. The molecule has 1 saturated heterocycles. The molecular formula is C15H21N3O3. The smallest absolute Gasteiger partial charge is 0.337 e. The molecule has 2 unspecified atom stereocenters. The number of carboxylic acids is 1. The Kier molecular flexibility index (Phi) is 4.06. The van der Waals surface area contributed by atoms with Crippen molar-refractivity contribution in [2.75, 3.05) is 17.2 Å². The van der Waals surface area contributed by atoms with E-state index in [-0.39, 0.29) is 29.1 Å². The number of rotatable bonds is 3. The molecule has 0 aliphatic carbocycles. The first-order chi connectivity index (χ1) is 9.81. The molecule has 1 fully saturated rings. The molecule has 0 bridgehead atoms. The van der Waals surface area contributed by atoms with Crippen LogP contribution in [-0.4, -0.2) is 29.6 Å². The third kappa shape index (κ3) is 2.94. The van der Waals surface area contributed by atoms with Gasteiger partial charge in [0.1, 0.15) is 0 Å². The quantitative estimate of drug-likeness (QED) is 0.728. The van der Waals surface area contributed by atoms with Crippen molar-refractivity contribution in [3.8, 4) is 0 Å². The number of amides is 1. The van der Waals surface area contributed by atoms with E-state index < -0.39 is 5.97 Å². The molecule has 0 aromatic heterocycles. The van der Waals surface area contributed by atoms with Crippen molar-refractivity contribution in [3.63, 3.8) is 0 Å². The van der Waals surface area contributed by atoms with Crippen LogP contribution < -0.4 is 16.4 Å². The van der Waals surface area contributed by atoms with E-state index in [9.17, 15) is 14.7 Å². The fraction of sp³-hybridized carbons (Fsp3) is 0.467. The molecule has 114 valence electrons. The average molecular weight is 291 g/mol. The van der Waals surface area contributed by atoms with Gasteiger partial charge in [-0.2, -0.15) is 0 Å². The van der Waals surface area contributed by atoms with E-state index >= 15 is 0 Å². The Labute approximate surface area is 123 Å². The second-order valence-electron chi connectivity index (χ2n) is 5.71. The summed E-state index contributed by atoms with van der Waals surface area (Å²) in [6.07, 6.45) is 1.62. The van der Waals surface area contributed by atoms with Crippen LogP contribution in [0.4, 0.5) is 11.4 Å². The lowest BCUT2D eigenvalue weighted by Gasteiger charge is -2.39. The number of hydrogen-bond acceptors (Lipinski definition) is 4. The Morgan fingerprint density at radius 3 is 2.57 bits per heavy atom. The molecule has 1 aliphatic heterocycles. The molecule has 5 N–H and O–H groups in total. The van der Waals surface area contributed by atoms with Crippen molar-refractivity contribution in [2.24, 2.45) is 11.7 Å². The lowest BCUT2D eigenvalue weighted by molar-refractivity contribution is -0.122. The maximum Gasteiger partial charge on any atom is 0.337 e. The monoisotopic (exact) mass is 291 g/mol. The molecule has 1 aromatic carbocycles. The second-order valence-corrected chi connectivity index (χ2v) is 5.71. The van der Waals surface area contributed by atoms with Crippen LogP contribution in [0, 0.1) is 12.8 Å². The SMILES string of the molecule is Cc1cc(N2CC(C(N)=O)CCC2C)cc(C(=O)O)c1N. The summed E-state index contributed by atoms with van der Waals surface area (Å²) in [7, 11) is 0. The first-order valence-electron chi connectivity index (χ1n) is 7.00. The maximum atomic E-state index is 11.4. The predicted molar refractivity (Wildman–Crippen MR) is 81.3 cm³/mol. The number of aryl methyl sites for hydroxylation is 1. The molecule has 0 radical (unpaired) electrons.